The van der Waals surface area contributed by atoms with Crippen LogP contribution in [0, 0.1) is 32.1 Å². The van der Waals surface area contributed by atoms with Crippen LogP contribution >= 0.6 is 203 Å². The number of hydrogen-bond acceptors (Lipinski definition) is 26. The minimum absolute atomic E-state index is 0.00819. The molecule has 47 heteroatoms. The quantitative estimate of drug-likeness (QED) is 0.0241. The number of carbonyl (C=O) groups is 11. The molecule has 0 spiro atoms. The molecule has 0 heterocycles. The molecular weight excluding hydrogens is 2430 g/mol. The van der Waals surface area contributed by atoms with Crippen molar-refractivity contribution in [3.05, 3.63) is 65.5 Å². The largest absolute Gasteiger partial charge is 0.394 e. The number of nitrogens with one attached hydrogen (secondary N) is 8. The molecule has 592 valence electrons. The fourth-order valence-corrected chi connectivity index (χ4v) is 23.2. The van der Waals surface area contributed by atoms with Crippen LogP contribution in [0.5, 0.6) is 0 Å². The lowest BCUT2D eigenvalue weighted by Gasteiger charge is -2.31. The van der Waals surface area contributed by atoms with Crippen molar-refractivity contribution in [2.24, 2.45) is 0 Å². The number of amides is 13. The standard InChI is InChI=1S/C59H77I9N12O26/c1-22(87)77(49-43(63)34(52(99)69-6-27(92)16-81)40(60)35(44(49)64)53(100)70-7-28(93)17-82)12-25(90)4-75-58(105)80(15-33(98)14-79(24(3)89)51-47(67)38(56(103)73-10-31(96)20-85)42(62)39(48(51)68)57(104)74-11-32(97)21-86)59(106)76-5-26(91)13-78(23(2)88)50-45(65)36(54(101)71-8-29(94)18-83)41(61)37(46(50)66)55(102)72-9-30(95)19-84/h25-33,81-86,90-98H,4-21H2,1-3H3,(H,69,99)(H,70,100)(H,71,101)(H,72,102)(H,73,103)(H,74,104)(H,75,105)(H,76,106). The van der Waals surface area contributed by atoms with E-state index in [4.69, 9.17) is 0 Å². The summed E-state index contributed by atoms with van der Waals surface area (Å²) in [6, 6.07) is -2.90. The highest BCUT2D eigenvalue weighted by Crippen LogP contribution is 2.42. The Kier molecular flexibility index (Phi) is 43.7. The van der Waals surface area contributed by atoms with Gasteiger partial charge in [-0.05, 0) is 203 Å². The average Bonchev–Trinajstić information content (AvgIpc) is 0.770. The Morgan fingerprint density at radius 1 is 0.264 bits per heavy atom. The second-order valence-corrected chi connectivity index (χ2v) is 32.4. The zero-order valence-corrected chi connectivity index (χ0v) is 75.2. The number of imide groups is 1. The topological polar surface area (TPSA) is 600 Å². The van der Waals surface area contributed by atoms with Crippen LogP contribution in [0.3, 0.4) is 0 Å². The van der Waals surface area contributed by atoms with Crippen molar-refractivity contribution in [1.82, 2.24) is 47.4 Å². The Morgan fingerprint density at radius 2 is 0.434 bits per heavy atom. The maximum Gasteiger partial charge on any atom is 0.325 e. The molecule has 3 aromatic rings. The van der Waals surface area contributed by atoms with Crippen molar-refractivity contribution < 1.29 is 129 Å². The Labute approximate surface area is 727 Å². The van der Waals surface area contributed by atoms with Crippen LogP contribution in [0.15, 0.2) is 0 Å². The number of urea groups is 2. The van der Waals surface area contributed by atoms with Crippen molar-refractivity contribution in [2.45, 2.75) is 75.7 Å². The van der Waals surface area contributed by atoms with Gasteiger partial charge in [0.1, 0.15) is 0 Å². The van der Waals surface area contributed by atoms with Gasteiger partial charge >= 0.3 is 12.1 Å². The Bertz CT molecular complexity index is 3390. The van der Waals surface area contributed by atoms with Crippen LogP contribution in [0.25, 0.3) is 0 Å². The molecule has 3 rings (SSSR count). The van der Waals surface area contributed by atoms with E-state index in [1.807, 2.05) is 0 Å². The third-order valence-electron chi connectivity index (χ3n) is 14.5. The van der Waals surface area contributed by atoms with Gasteiger partial charge in [0, 0.05) is 83.8 Å². The van der Waals surface area contributed by atoms with Gasteiger partial charge in [-0.3, -0.25) is 43.2 Å². The first-order chi connectivity index (χ1) is 49.6. The van der Waals surface area contributed by atoms with Crippen molar-refractivity contribution in [3.63, 3.8) is 0 Å². The number of rotatable bonds is 39. The maximum atomic E-state index is 14.7. The van der Waals surface area contributed by atoms with E-state index in [2.05, 4.69) is 42.5 Å². The van der Waals surface area contributed by atoms with Crippen LogP contribution in [0.4, 0.5) is 26.7 Å². The molecule has 0 saturated heterocycles. The number of halogens is 9. The number of aliphatic hydroxyl groups excluding tert-OH is 15. The van der Waals surface area contributed by atoms with E-state index >= 15 is 0 Å². The highest BCUT2D eigenvalue weighted by atomic mass is 127. The first-order valence-electron chi connectivity index (χ1n) is 30.9. The molecule has 9 atom stereocenters. The Balaban J connectivity index is 2.30. The van der Waals surface area contributed by atoms with E-state index in [-0.39, 0.29) is 82.6 Å². The molecule has 106 heavy (non-hydrogen) atoms. The molecule has 0 radical (unpaired) electrons. The number of nitrogens with zero attached hydrogens (tertiary/aromatic N) is 4. The van der Waals surface area contributed by atoms with Gasteiger partial charge in [-0.1, -0.05) is 0 Å². The lowest BCUT2D eigenvalue weighted by molar-refractivity contribution is -0.117. The van der Waals surface area contributed by atoms with E-state index in [9.17, 15) is 129 Å². The lowest BCUT2D eigenvalue weighted by Crippen LogP contribution is -2.55. The fourth-order valence-electron chi connectivity index (χ4n) is 9.06. The number of anilines is 3. The second kappa shape index (κ2) is 47.3. The summed E-state index contributed by atoms with van der Waals surface area (Å²) in [5, 5.41) is 172. The van der Waals surface area contributed by atoms with E-state index in [0.717, 1.165) is 35.5 Å². The van der Waals surface area contributed by atoms with Gasteiger partial charge in [0.2, 0.25) is 17.7 Å². The summed E-state index contributed by atoms with van der Waals surface area (Å²) in [7, 11) is 0. The minimum Gasteiger partial charge on any atom is -0.394 e. The molecule has 23 N–H and O–H groups in total. The van der Waals surface area contributed by atoms with E-state index in [0.29, 0.717) is 4.90 Å². The molecule has 3 aromatic carbocycles. The second-order valence-electron chi connectivity index (χ2n) is 22.7. The number of hydrogen-bond donors (Lipinski definition) is 23. The van der Waals surface area contributed by atoms with Crippen molar-refractivity contribution in [2.75, 3.05) is 133 Å². The fraction of sp³-hybridized carbons (Fsp3) is 0.508. The Morgan fingerprint density at radius 3 is 0.604 bits per heavy atom. The SMILES string of the molecule is CC(=O)N(CC(O)CNC(=O)N(CC(O)CN(C(C)=O)c1c(I)c(C(=O)NCC(O)CO)c(I)c(C(=O)NCC(O)CO)c1I)C(=O)NCC(O)CN(C(C)=O)c1c(I)c(C(=O)NCC(O)CO)c(I)c(C(=O)NCC(O)CO)c1I)c1c(I)c(C(=O)NCC(O)CO)c(I)c(C(=O)NCC(O)CO)c1I. The third-order valence-corrected chi connectivity index (χ3v) is 24.0. The van der Waals surface area contributed by atoms with Crippen LogP contribution in [0.1, 0.15) is 82.9 Å². The maximum absolute atomic E-state index is 14.7. The van der Waals surface area contributed by atoms with Crippen LogP contribution in [-0.4, -0.2) is 320 Å². The summed E-state index contributed by atoms with van der Waals surface area (Å²) < 4.78 is -0.207. The predicted octanol–water partition coefficient (Wildman–Crippen LogP) is -4.11. The first kappa shape index (κ1) is 97.8. The van der Waals surface area contributed by atoms with E-state index < -0.39 is 238 Å². The van der Waals surface area contributed by atoms with E-state index in [1.54, 1.807) is 203 Å². The third kappa shape index (κ3) is 27.4. The van der Waals surface area contributed by atoms with Crippen LogP contribution in [-0.2, 0) is 14.4 Å². The van der Waals surface area contributed by atoms with Gasteiger partial charge in [-0.2, -0.15) is 0 Å². The van der Waals surface area contributed by atoms with Gasteiger partial charge in [0.15, 0.2) is 0 Å². The highest BCUT2D eigenvalue weighted by Gasteiger charge is 2.38. The highest BCUT2D eigenvalue weighted by molar-refractivity contribution is 14.1. The monoisotopic (exact) mass is 2510 g/mol. The summed E-state index contributed by atoms with van der Waals surface area (Å²) >= 11 is 15.2. The number of benzene rings is 3. The molecule has 38 nitrogen and oxygen atoms in total. The predicted molar refractivity (Wildman–Crippen MR) is 452 cm³/mol. The van der Waals surface area contributed by atoms with Gasteiger partial charge in [0.05, 0.1) is 193 Å². The Hall–Kier alpha value is -2.40. The van der Waals surface area contributed by atoms with Crippen molar-refractivity contribution >= 4 is 286 Å². The summed E-state index contributed by atoms with van der Waals surface area (Å²) in [5.74, 6) is -8.10. The zero-order chi connectivity index (χ0) is 80.6. The van der Waals surface area contributed by atoms with Crippen LogP contribution in [0.2, 0.25) is 0 Å². The van der Waals surface area contributed by atoms with Gasteiger partial charge < -0.3 is 134 Å². The van der Waals surface area contributed by atoms with Gasteiger partial charge in [0.25, 0.3) is 35.4 Å². The summed E-state index contributed by atoms with van der Waals surface area (Å²) in [6.45, 7) is -9.79. The molecule has 0 fully saturated rings. The lowest BCUT2D eigenvalue weighted by atomic mass is 10.1. The zero-order valence-electron chi connectivity index (χ0n) is 55.8. The molecule has 9 unspecified atom stereocenters. The van der Waals surface area contributed by atoms with E-state index in [1.165, 1.54) is 0 Å². The molecule has 0 aliphatic carbocycles. The average molecular weight is 2510 g/mol. The van der Waals surface area contributed by atoms with Crippen molar-refractivity contribution in [3.8, 4) is 0 Å². The smallest absolute Gasteiger partial charge is 0.325 e. The molecule has 0 bridgehead atoms. The molecule has 0 saturated carbocycles. The van der Waals surface area contributed by atoms with Crippen LogP contribution < -0.4 is 57.2 Å². The first-order valence-corrected chi connectivity index (χ1v) is 40.6. The minimum atomic E-state index is -2.06. The molecule has 0 aliphatic heterocycles. The van der Waals surface area contributed by atoms with Gasteiger partial charge in [-0.15, -0.1) is 0 Å². The normalized spacial score (nSPS) is 13.8. The molecule has 0 aromatic heterocycles. The summed E-state index contributed by atoms with van der Waals surface area (Å²) in [6.07, 6.45) is -14.4. The molecular formula is C59H77I9N12O26. The van der Waals surface area contributed by atoms with Crippen molar-refractivity contribution in [1.29, 1.82) is 0 Å². The van der Waals surface area contributed by atoms with Gasteiger partial charge in [-0.25, -0.2) is 14.5 Å². The summed E-state index contributed by atoms with van der Waals surface area (Å²) in [4.78, 5) is 157. The summed E-state index contributed by atoms with van der Waals surface area (Å²) in [5.41, 5.74) is -2.04. The molecule has 13 amide bonds. The number of aliphatic hydroxyl groups is 15. The number of carbonyl (C=O) groups excluding carboxylic acids is 11. The molecule has 0 aliphatic rings.